The average Bonchev–Trinajstić information content (AvgIpc) is 3.19. The molecule has 0 spiro atoms. The molecule has 1 aliphatic rings. The fourth-order valence-corrected chi connectivity index (χ4v) is 6.22. The molecule has 4 aromatic rings. The summed E-state index contributed by atoms with van der Waals surface area (Å²) in [5, 5.41) is 0. The van der Waals surface area contributed by atoms with Gasteiger partial charge >= 0.3 is 0 Å². The zero-order valence-electron chi connectivity index (χ0n) is 21.8. The lowest BCUT2D eigenvalue weighted by atomic mass is 9.80. The third-order valence-corrected chi connectivity index (χ3v) is 7.37. The van der Waals surface area contributed by atoms with Crippen molar-refractivity contribution in [2.45, 2.75) is 47.1 Å². The predicted octanol–water partition coefficient (Wildman–Crippen LogP) is 7.67. The molecule has 0 aliphatic carbocycles. The van der Waals surface area contributed by atoms with Gasteiger partial charge in [0.25, 0.3) is 0 Å². The molecular formula is C33H35N2+. The van der Waals surface area contributed by atoms with Crippen LogP contribution < -0.4 is 4.90 Å². The van der Waals surface area contributed by atoms with E-state index in [9.17, 15) is 0 Å². The van der Waals surface area contributed by atoms with Crippen molar-refractivity contribution in [2.24, 2.45) is 0 Å². The first kappa shape index (κ1) is 23.1. The van der Waals surface area contributed by atoms with Crippen molar-refractivity contribution in [3.05, 3.63) is 129 Å². The summed E-state index contributed by atoms with van der Waals surface area (Å²) < 4.78 is 2.48. The van der Waals surface area contributed by atoms with E-state index >= 15 is 0 Å². The minimum atomic E-state index is -0.364. The van der Waals surface area contributed by atoms with E-state index in [1.165, 1.54) is 55.9 Å². The summed E-state index contributed by atoms with van der Waals surface area (Å²) in [6, 6.07) is 31.2. The molecule has 0 fully saturated rings. The van der Waals surface area contributed by atoms with Crippen molar-refractivity contribution in [1.29, 1.82) is 0 Å². The van der Waals surface area contributed by atoms with E-state index in [-0.39, 0.29) is 5.54 Å². The minimum absolute atomic E-state index is 0.364. The molecular weight excluding hydrogens is 424 g/mol. The summed E-state index contributed by atoms with van der Waals surface area (Å²) in [7, 11) is 0. The SMILES string of the molecule is Cc1cc(C)c(N2C=[N+](c3c(C)cc(C)cc3C)CC2(c2ccccc2)c2ccccc2)c(C)c1. The van der Waals surface area contributed by atoms with Crippen LogP contribution in [0.2, 0.25) is 0 Å². The Kier molecular flexibility index (Phi) is 5.84. The first-order valence-electron chi connectivity index (χ1n) is 12.5. The summed E-state index contributed by atoms with van der Waals surface area (Å²) in [6.45, 7) is 14.2. The first-order valence-corrected chi connectivity index (χ1v) is 12.5. The zero-order valence-corrected chi connectivity index (χ0v) is 21.8. The Morgan fingerprint density at radius 3 is 1.49 bits per heavy atom. The fraction of sp³-hybridized carbons (Fsp3) is 0.242. The van der Waals surface area contributed by atoms with Gasteiger partial charge in [-0.05, 0) is 63.8 Å². The Morgan fingerprint density at radius 2 is 1.03 bits per heavy atom. The Hall–Kier alpha value is -3.65. The molecule has 4 aromatic carbocycles. The number of anilines is 1. The molecule has 0 unspecified atom stereocenters. The highest BCUT2D eigenvalue weighted by Crippen LogP contribution is 2.45. The summed E-state index contributed by atoms with van der Waals surface area (Å²) >= 11 is 0. The number of hydrogen-bond acceptors (Lipinski definition) is 1. The van der Waals surface area contributed by atoms with Gasteiger partial charge in [-0.15, -0.1) is 0 Å². The van der Waals surface area contributed by atoms with E-state index in [0.29, 0.717) is 0 Å². The fourth-order valence-electron chi connectivity index (χ4n) is 6.22. The van der Waals surface area contributed by atoms with Gasteiger partial charge in [-0.1, -0.05) is 96.1 Å². The van der Waals surface area contributed by atoms with Crippen LogP contribution >= 0.6 is 0 Å². The first-order chi connectivity index (χ1) is 16.8. The van der Waals surface area contributed by atoms with Crippen LogP contribution in [0.1, 0.15) is 44.5 Å². The van der Waals surface area contributed by atoms with Crippen LogP contribution in [0.25, 0.3) is 0 Å². The van der Waals surface area contributed by atoms with Gasteiger partial charge in [0.2, 0.25) is 6.34 Å². The molecule has 176 valence electrons. The quantitative estimate of drug-likeness (QED) is 0.284. The van der Waals surface area contributed by atoms with Gasteiger partial charge in [0, 0.05) is 11.1 Å². The lowest BCUT2D eigenvalue weighted by Crippen LogP contribution is -2.46. The number of nitrogens with zero attached hydrogens (tertiary/aromatic N) is 2. The highest BCUT2D eigenvalue weighted by molar-refractivity contribution is 5.86. The van der Waals surface area contributed by atoms with Crippen LogP contribution in [-0.2, 0) is 5.54 Å². The topological polar surface area (TPSA) is 6.25 Å². The molecule has 2 nitrogen and oxygen atoms in total. The van der Waals surface area contributed by atoms with Crippen molar-refractivity contribution in [2.75, 3.05) is 11.4 Å². The van der Waals surface area contributed by atoms with Gasteiger partial charge < -0.3 is 0 Å². The lowest BCUT2D eigenvalue weighted by molar-refractivity contribution is -0.434. The second kappa shape index (κ2) is 8.85. The van der Waals surface area contributed by atoms with Gasteiger partial charge in [0.1, 0.15) is 17.9 Å². The van der Waals surface area contributed by atoms with Crippen molar-refractivity contribution < 1.29 is 4.58 Å². The summed E-state index contributed by atoms with van der Waals surface area (Å²) in [5.74, 6) is 0. The van der Waals surface area contributed by atoms with Crippen molar-refractivity contribution in [3.8, 4) is 0 Å². The van der Waals surface area contributed by atoms with Gasteiger partial charge in [-0.25, -0.2) is 9.48 Å². The van der Waals surface area contributed by atoms with Crippen molar-refractivity contribution in [1.82, 2.24) is 0 Å². The molecule has 2 heteroatoms. The average molecular weight is 460 g/mol. The molecule has 5 rings (SSSR count). The summed E-state index contributed by atoms with van der Waals surface area (Å²) in [4.78, 5) is 2.54. The maximum atomic E-state index is 2.54. The Bertz CT molecular complexity index is 1330. The van der Waals surface area contributed by atoms with Gasteiger partial charge in [-0.3, -0.25) is 0 Å². The summed E-state index contributed by atoms with van der Waals surface area (Å²) in [6.07, 6.45) is 2.36. The third kappa shape index (κ3) is 3.87. The third-order valence-electron chi connectivity index (χ3n) is 7.37. The molecule has 0 amide bonds. The highest BCUT2D eigenvalue weighted by Gasteiger charge is 2.53. The largest absolute Gasteiger partial charge is 0.245 e. The molecule has 1 aliphatic heterocycles. The number of benzene rings is 4. The second-order valence-electron chi connectivity index (χ2n) is 10.2. The maximum absolute atomic E-state index is 2.54. The van der Waals surface area contributed by atoms with Crippen LogP contribution in [0.15, 0.2) is 84.9 Å². The molecule has 0 radical (unpaired) electrons. The maximum Gasteiger partial charge on any atom is 0.245 e. The van der Waals surface area contributed by atoms with E-state index in [0.717, 1.165) is 6.54 Å². The Labute approximate surface area is 210 Å². The van der Waals surface area contributed by atoms with E-state index in [1.807, 2.05) is 0 Å². The molecule has 0 atom stereocenters. The van der Waals surface area contributed by atoms with Gasteiger partial charge in [0.15, 0.2) is 5.54 Å². The molecule has 0 saturated carbocycles. The van der Waals surface area contributed by atoms with Crippen LogP contribution in [0.5, 0.6) is 0 Å². The second-order valence-corrected chi connectivity index (χ2v) is 10.2. The van der Waals surface area contributed by atoms with Crippen LogP contribution in [0.3, 0.4) is 0 Å². The van der Waals surface area contributed by atoms with Crippen LogP contribution in [-0.4, -0.2) is 17.5 Å². The minimum Gasteiger partial charge on any atom is -0.228 e. The van der Waals surface area contributed by atoms with Crippen molar-refractivity contribution >= 4 is 17.7 Å². The molecule has 0 bridgehead atoms. The lowest BCUT2D eigenvalue weighted by Gasteiger charge is -2.34. The highest BCUT2D eigenvalue weighted by atomic mass is 15.3. The van der Waals surface area contributed by atoms with Crippen LogP contribution in [0, 0.1) is 41.5 Å². The van der Waals surface area contributed by atoms with E-state index < -0.39 is 0 Å². The molecule has 0 aromatic heterocycles. The Balaban J connectivity index is 1.85. The van der Waals surface area contributed by atoms with Gasteiger partial charge in [-0.2, -0.15) is 0 Å². The summed E-state index contributed by atoms with van der Waals surface area (Å²) in [5.41, 5.74) is 12.7. The predicted molar refractivity (Wildman–Crippen MR) is 148 cm³/mol. The smallest absolute Gasteiger partial charge is 0.228 e. The zero-order chi connectivity index (χ0) is 24.7. The number of rotatable bonds is 4. The standard InChI is InChI=1S/C33H35N2/c1-23-17-25(3)31(26(4)18-23)34-21-33(29-13-9-7-10-14-29,30-15-11-8-12-16-30)35(22-34)32-27(5)19-24(2)20-28(32)6/h7-20,22H,21H2,1-6H3/q+1. The number of hydrogen-bond donors (Lipinski definition) is 0. The van der Waals surface area contributed by atoms with E-state index in [4.69, 9.17) is 0 Å². The normalized spacial score (nSPS) is 14.8. The van der Waals surface area contributed by atoms with Crippen LogP contribution in [0.4, 0.5) is 11.4 Å². The van der Waals surface area contributed by atoms with Crippen molar-refractivity contribution in [3.63, 3.8) is 0 Å². The molecule has 0 N–H and O–H groups in total. The molecule has 0 saturated heterocycles. The monoisotopic (exact) mass is 459 g/mol. The van der Waals surface area contributed by atoms with Gasteiger partial charge in [0.05, 0.1) is 0 Å². The van der Waals surface area contributed by atoms with E-state index in [1.54, 1.807) is 0 Å². The molecule has 1 heterocycles. The molecule has 35 heavy (non-hydrogen) atoms. The van der Waals surface area contributed by atoms with E-state index in [2.05, 4.69) is 142 Å². The Morgan fingerprint density at radius 1 is 0.600 bits per heavy atom. The number of aryl methyl sites for hydroxylation is 6.